The Kier molecular flexibility index (Phi) is 6.26. The molecule has 0 heterocycles. The summed E-state index contributed by atoms with van der Waals surface area (Å²) < 4.78 is 14.0. The van der Waals surface area contributed by atoms with Crippen LogP contribution in [0.3, 0.4) is 0 Å². The normalized spacial score (nSPS) is 12.1. The molecule has 0 atom stereocenters. The molecule has 0 fully saturated rings. The van der Waals surface area contributed by atoms with Crippen molar-refractivity contribution in [1.82, 2.24) is 0 Å². The summed E-state index contributed by atoms with van der Waals surface area (Å²) >= 11 is 0. The zero-order valence-electron chi connectivity index (χ0n) is 15.2. The van der Waals surface area contributed by atoms with Crippen molar-refractivity contribution in [3.05, 3.63) is 108 Å². The molecule has 3 aromatic carbocycles. The Hall–Kier alpha value is -2.37. The van der Waals surface area contributed by atoms with Gasteiger partial charge in [0.25, 0.3) is 0 Å². The first-order chi connectivity index (χ1) is 12.7. The topological polar surface area (TPSA) is 17.1 Å². The average molecular weight is 360 g/mol. The molecule has 0 aromatic heterocycles. The minimum absolute atomic E-state index is 0.571. The van der Waals surface area contributed by atoms with Gasteiger partial charge >= 0.3 is 0 Å². The minimum atomic E-state index is -2.65. The summed E-state index contributed by atoms with van der Waals surface area (Å²) in [5, 5.41) is 1.86. The highest BCUT2D eigenvalue weighted by Crippen LogP contribution is 2.43. The summed E-state index contributed by atoms with van der Waals surface area (Å²) in [5.74, 6) is 0. The predicted octanol–water partition coefficient (Wildman–Crippen LogP) is 5.58. The van der Waals surface area contributed by atoms with Crippen molar-refractivity contribution < 1.29 is 4.57 Å². The van der Waals surface area contributed by atoms with Crippen LogP contribution in [0.5, 0.6) is 0 Å². The van der Waals surface area contributed by atoms with E-state index in [1.54, 1.807) is 0 Å². The van der Waals surface area contributed by atoms with E-state index < -0.39 is 7.14 Å². The lowest BCUT2D eigenvalue weighted by Gasteiger charge is -2.18. The Balaban J connectivity index is 1.79. The number of benzene rings is 3. The van der Waals surface area contributed by atoms with Gasteiger partial charge in [-0.05, 0) is 25.3 Å². The van der Waals surface area contributed by atoms with Crippen molar-refractivity contribution in [2.45, 2.75) is 19.8 Å². The first-order valence-corrected chi connectivity index (χ1v) is 11.0. The Morgan fingerprint density at radius 2 is 1.23 bits per heavy atom. The smallest absolute Gasteiger partial charge is 0.146 e. The van der Waals surface area contributed by atoms with Crippen molar-refractivity contribution in [3.63, 3.8) is 0 Å². The van der Waals surface area contributed by atoms with E-state index in [0.717, 1.165) is 23.5 Å². The summed E-state index contributed by atoms with van der Waals surface area (Å²) in [7, 11) is -2.65. The Bertz CT molecular complexity index is 840. The van der Waals surface area contributed by atoms with E-state index in [1.807, 2.05) is 66.7 Å². The molecule has 0 unspecified atom stereocenters. The fraction of sp³-hybridized carbons (Fsp3) is 0.167. The van der Waals surface area contributed by atoms with Crippen molar-refractivity contribution in [2.24, 2.45) is 0 Å². The molecule has 3 rings (SSSR count). The number of hydrogen-bond donors (Lipinski definition) is 0. The van der Waals surface area contributed by atoms with Crippen molar-refractivity contribution in [2.75, 3.05) is 6.16 Å². The molecule has 0 saturated carbocycles. The van der Waals surface area contributed by atoms with Crippen molar-refractivity contribution >= 4 is 17.8 Å². The van der Waals surface area contributed by atoms with Crippen LogP contribution in [0.4, 0.5) is 0 Å². The lowest BCUT2D eigenvalue weighted by Crippen LogP contribution is -2.17. The van der Waals surface area contributed by atoms with Crippen LogP contribution in [-0.4, -0.2) is 6.16 Å². The third-order valence-corrected chi connectivity index (χ3v) is 7.66. The second-order valence-corrected chi connectivity index (χ2v) is 9.51. The molecule has 0 amide bonds. The van der Waals surface area contributed by atoms with Crippen LogP contribution in [-0.2, 0) is 11.0 Å². The van der Waals surface area contributed by atoms with Crippen LogP contribution in [0, 0.1) is 0 Å². The van der Waals surface area contributed by atoms with E-state index in [0.29, 0.717) is 6.16 Å². The first kappa shape index (κ1) is 18.4. The molecule has 2 heteroatoms. The molecule has 26 heavy (non-hydrogen) atoms. The third-order valence-electron chi connectivity index (χ3n) is 4.69. The molecular formula is C24H25OP. The van der Waals surface area contributed by atoms with E-state index in [9.17, 15) is 4.57 Å². The lowest BCUT2D eigenvalue weighted by atomic mass is 10.1. The van der Waals surface area contributed by atoms with Crippen LogP contribution in [0.1, 0.15) is 18.9 Å². The van der Waals surface area contributed by atoms with Gasteiger partial charge < -0.3 is 4.57 Å². The Morgan fingerprint density at radius 1 is 0.769 bits per heavy atom. The number of aryl methyl sites for hydroxylation is 1. The molecule has 132 valence electrons. The van der Waals surface area contributed by atoms with Gasteiger partial charge in [-0.2, -0.15) is 0 Å². The molecular weight excluding hydrogens is 335 g/mol. The Morgan fingerprint density at radius 3 is 1.73 bits per heavy atom. The van der Waals surface area contributed by atoms with Gasteiger partial charge in [-0.25, -0.2) is 0 Å². The largest absolute Gasteiger partial charge is 0.313 e. The molecule has 1 nitrogen and oxygen atoms in total. The highest BCUT2D eigenvalue weighted by Gasteiger charge is 2.25. The standard InChI is InChI=1S/C24H25OP/c1-21(17-18-22-11-5-2-6-12-22)19-20-26(25,23-13-7-3-8-14-23)24-15-9-4-10-16-24/h2-16,19H,17-18,20H2,1H3/b21-19+. The first-order valence-electron chi connectivity index (χ1n) is 9.08. The van der Waals surface area contributed by atoms with Gasteiger partial charge in [0, 0.05) is 16.8 Å². The monoisotopic (exact) mass is 360 g/mol. The average Bonchev–Trinajstić information content (AvgIpc) is 2.72. The van der Waals surface area contributed by atoms with Gasteiger partial charge in [-0.3, -0.25) is 0 Å². The molecule has 0 spiro atoms. The van der Waals surface area contributed by atoms with Gasteiger partial charge in [0.05, 0.1) is 0 Å². The van der Waals surface area contributed by atoms with E-state index >= 15 is 0 Å². The molecule has 0 saturated heterocycles. The summed E-state index contributed by atoms with van der Waals surface area (Å²) in [6, 6.07) is 30.3. The van der Waals surface area contributed by atoms with E-state index in [-0.39, 0.29) is 0 Å². The second-order valence-electron chi connectivity index (χ2n) is 6.63. The van der Waals surface area contributed by atoms with Crippen LogP contribution >= 0.6 is 7.14 Å². The van der Waals surface area contributed by atoms with E-state index in [4.69, 9.17) is 0 Å². The highest BCUT2D eigenvalue weighted by atomic mass is 31.2. The molecule has 0 aliphatic carbocycles. The second kappa shape index (κ2) is 8.83. The summed E-state index contributed by atoms with van der Waals surface area (Å²) in [4.78, 5) is 0. The molecule has 0 aliphatic heterocycles. The minimum Gasteiger partial charge on any atom is -0.313 e. The predicted molar refractivity (Wildman–Crippen MR) is 113 cm³/mol. The van der Waals surface area contributed by atoms with Gasteiger partial charge in [-0.15, -0.1) is 0 Å². The SMILES string of the molecule is C/C(=C\CP(=O)(c1ccccc1)c1ccccc1)CCc1ccccc1. The lowest BCUT2D eigenvalue weighted by molar-refractivity contribution is 0.588. The van der Waals surface area contributed by atoms with Crippen LogP contribution < -0.4 is 10.6 Å². The summed E-state index contributed by atoms with van der Waals surface area (Å²) in [5.41, 5.74) is 2.63. The maximum absolute atomic E-state index is 14.0. The molecule has 0 bridgehead atoms. The zero-order valence-corrected chi connectivity index (χ0v) is 16.1. The Labute approximate surface area is 156 Å². The van der Waals surface area contributed by atoms with Gasteiger partial charge in [-0.1, -0.05) is 103 Å². The third kappa shape index (κ3) is 4.62. The molecule has 0 aliphatic rings. The number of hydrogen-bond acceptors (Lipinski definition) is 1. The van der Waals surface area contributed by atoms with Gasteiger partial charge in [0.15, 0.2) is 0 Å². The van der Waals surface area contributed by atoms with Crippen LogP contribution in [0.2, 0.25) is 0 Å². The summed E-state index contributed by atoms with van der Waals surface area (Å²) in [6.45, 7) is 2.14. The fourth-order valence-corrected chi connectivity index (χ4v) is 5.67. The van der Waals surface area contributed by atoms with Gasteiger partial charge in [0.1, 0.15) is 7.14 Å². The molecule has 0 radical (unpaired) electrons. The van der Waals surface area contributed by atoms with Crippen molar-refractivity contribution in [3.8, 4) is 0 Å². The van der Waals surface area contributed by atoms with E-state index in [1.165, 1.54) is 11.1 Å². The quantitative estimate of drug-likeness (QED) is 0.397. The summed E-state index contributed by atoms with van der Waals surface area (Å²) in [6.07, 6.45) is 4.75. The van der Waals surface area contributed by atoms with Gasteiger partial charge in [0.2, 0.25) is 0 Å². The molecule has 0 N–H and O–H groups in total. The number of allylic oxidation sites excluding steroid dienone is 2. The van der Waals surface area contributed by atoms with Crippen LogP contribution in [0.25, 0.3) is 0 Å². The number of rotatable bonds is 7. The molecule has 3 aromatic rings. The maximum Gasteiger partial charge on any atom is 0.146 e. The maximum atomic E-state index is 14.0. The fourth-order valence-electron chi connectivity index (χ4n) is 3.07. The van der Waals surface area contributed by atoms with E-state index in [2.05, 4.69) is 37.3 Å². The zero-order chi connectivity index (χ0) is 18.2. The van der Waals surface area contributed by atoms with Crippen molar-refractivity contribution in [1.29, 1.82) is 0 Å². The van der Waals surface area contributed by atoms with Crippen LogP contribution in [0.15, 0.2) is 103 Å². The highest BCUT2D eigenvalue weighted by molar-refractivity contribution is 7.78.